The molecule has 0 saturated carbocycles. The van der Waals surface area contributed by atoms with Crippen LogP contribution in [0, 0.1) is 0 Å². The van der Waals surface area contributed by atoms with E-state index >= 15 is 0 Å². The molecule has 0 bridgehead atoms. The van der Waals surface area contributed by atoms with Crippen LogP contribution in [0.1, 0.15) is 17.0 Å². The van der Waals surface area contributed by atoms with Crippen molar-refractivity contribution >= 4 is 36.0 Å². The summed E-state index contributed by atoms with van der Waals surface area (Å²) in [6.45, 7) is 0. The standard InChI is InChI=1S/C12H14N2O6S/c15-7-13-8(12(18)19)3-5-21-6-10(16)14-11(17)9-2-1-4-20-9/h1-2,4,7-8H,3,5-6H2,(H,13,15)(H,18,19)(H,14,16,17). The number of hydrogen-bond acceptors (Lipinski definition) is 6. The maximum Gasteiger partial charge on any atom is 0.326 e. The zero-order chi connectivity index (χ0) is 15.7. The Hall–Kier alpha value is -2.29. The molecule has 1 rings (SSSR count). The van der Waals surface area contributed by atoms with Gasteiger partial charge in [0, 0.05) is 0 Å². The van der Waals surface area contributed by atoms with Crippen LogP contribution in [0.4, 0.5) is 0 Å². The highest BCUT2D eigenvalue weighted by Gasteiger charge is 2.16. The van der Waals surface area contributed by atoms with Crippen LogP contribution in [0.25, 0.3) is 0 Å². The average molecular weight is 314 g/mol. The molecule has 0 saturated heterocycles. The van der Waals surface area contributed by atoms with Gasteiger partial charge in [0.1, 0.15) is 6.04 Å². The SMILES string of the molecule is O=CNC(CCSCC(=O)NC(=O)c1ccco1)C(=O)O. The molecule has 0 aliphatic rings. The molecule has 1 unspecified atom stereocenters. The van der Waals surface area contributed by atoms with E-state index in [9.17, 15) is 19.2 Å². The van der Waals surface area contributed by atoms with Gasteiger partial charge in [-0.25, -0.2) is 4.79 Å². The molecule has 0 radical (unpaired) electrons. The van der Waals surface area contributed by atoms with E-state index in [1.165, 1.54) is 18.4 Å². The molecular formula is C12H14N2O6S. The number of imide groups is 1. The lowest BCUT2D eigenvalue weighted by Crippen LogP contribution is -2.36. The predicted octanol–water partition coefficient (Wildman–Crippen LogP) is -0.142. The summed E-state index contributed by atoms with van der Waals surface area (Å²) in [6, 6.07) is 1.97. The van der Waals surface area contributed by atoms with Crippen LogP contribution >= 0.6 is 11.8 Å². The fraction of sp³-hybridized carbons (Fsp3) is 0.333. The Morgan fingerprint density at radius 3 is 2.76 bits per heavy atom. The Morgan fingerprint density at radius 2 is 2.19 bits per heavy atom. The number of amides is 3. The molecule has 1 aromatic rings. The highest BCUT2D eigenvalue weighted by Crippen LogP contribution is 2.05. The van der Waals surface area contributed by atoms with Crippen LogP contribution in [0.15, 0.2) is 22.8 Å². The van der Waals surface area contributed by atoms with Gasteiger partial charge >= 0.3 is 5.97 Å². The van der Waals surface area contributed by atoms with Gasteiger partial charge in [-0.3, -0.25) is 19.7 Å². The molecule has 0 aliphatic heterocycles. The van der Waals surface area contributed by atoms with E-state index in [4.69, 9.17) is 9.52 Å². The van der Waals surface area contributed by atoms with Gasteiger partial charge in [-0.2, -0.15) is 11.8 Å². The fourth-order valence-electron chi connectivity index (χ4n) is 1.36. The molecule has 1 heterocycles. The van der Waals surface area contributed by atoms with E-state index in [-0.39, 0.29) is 17.9 Å². The molecule has 0 aliphatic carbocycles. The van der Waals surface area contributed by atoms with Crippen LogP contribution in [0.3, 0.4) is 0 Å². The van der Waals surface area contributed by atoms with E-state index in [2.05, 4.69) is 10.6 Å². The normalized spacial score (nSPS) is 11.4. The van der Waals surface area contributed by atoms with Crippen LogP contribution in [0.2, 0.25) is 0 Å². The lowest BCUT2D eigenvalue weighted by molar-refractivity contribution is -0.140. The molecule has 3 N–H and O–H groups in total. The molecule has 3 amide bonds. The first-order valence-electron chi connectivity index (χ1n) is 5.92. The maximum atomic E-state index is 11.5. The number of thioether (sulfide) groups is 1. The molecule has 21 heavy (non-hydrogen) atoms. The van der Waals surface area contributed by atoms with Crippen molar-refractivity contribution in [3.63, 3.8) is 0 Å². The molecule has 114 valence electrons. The number of aliphatic carboxylic acids is 1. The Balaban J connectivity index is 2.23. The predicted molar refractivity (Wildman–Crippen MR) is 73.7 cm³/mol. The van der Waals surface area contributed by atoms with Gasteiger partial charge in [-0.15, -0.1) is 0 Å². The van der Waals surface area contributed by atoms with Crippen LogP contribution in [-0.2, 0) is 14.4 Å². The number of nitrogens with one attached hydrogen (secondary N) is 2. The third kappa shape index (κ3) is 6.13. The number of rotatable bonds is 9. The molecule has 1 atom stereocenters. The molecule has 0 spiro atoms. The van der Waals surface area contributed by atoms with Crippen LogP contribution in [-0.4, -0.2) is 46.8 Å². The summed E-state index contributed by atoms with van der Waals surface area (Å²) in [7, 11) is 0. The first kappa shape index (κ1) is 16.8. The Labute approximate surface area is 124 Å². The number of carboxylic acids is 1. The van der Waals surface area contributed by atoms with Crippen LogP contribution in [0.5, 0.6) is 0 Å². The molecule has 0 aromatic carbocycles. The summed E-state index contributed by atoms with van der Waals surface area (Å²) in [5, 5.41) is 13.1. The minimum Gasteiger partial charge on any atom is -0.480 e. The van der Waals surface area contributed by atoms with Gasteiger partial charge in [0.05, 0.1) is 12.0 Å². The van der Waals surface area contributed by atoms with E-state index in [0.717, 1.165) is 11.8 Å². The maximum absolute atomic E-state index is 11.5. The van der Waals surface area contributed by atoms with Crippen molar-refractivity contribution in [2.75, 3.05) is 11.5 Å². The van der Waals surface area contributed by atoms with Crippen molar-refractivity contribution in [1.82, 2.24) is 10.6 Å². The largest absolute Gasteiger partial charge is 0.480 e. The van der Waals surface area contributed by atoms with Crippen LogP contribution < -0.4 is 10.6 Å². The summed E-state index contributed by atoms with van der Waals surface area (Å²) < 4.78 is 4.83. The Kier molecular flexibility index (Phi) is 7.02. The molecular weight excluding hydrogens is 300 g/mol. The highest BCUT2D eigenvalue weighted by molar-refractivity contribution is 7.99. The minimum absolute atomic E-state index is 0.000122. The summed E-state index contributed by atoms with van der Waals surface area (Å²) in [5.41, 5.74) is 0. The highest BCUT2D eigenvalue weighted by atomic mass is 32.2. The first-order chi connectivity index (χ1) is 10.0. The van der Waals surface area contributed by atoms with Crippen molar-refractivity contribution in [2.45, 2.75) is 12.5 Å². The van der Waals surface area contributed by atoms with Crippen molar-refractivity contribution < 1.29 is 28.7 Å². The second-order valence-corrected chi connectivity index (χ2v) is 4.98. The smallest absolute Gasteiger partial charge is 0.326 e. The number of hydrogen-bond donors (Lipinski definition) is 3. The summed E-state index contributed by atoms with van der Waals surface area (Å²) in [4.78, 5) is 43.9. The molecule has 1 aromatic heterocycles. The van der Waals surface area contributed by atoms with E-state index in [0.29, 0.717) is 12.2 Å². The summed E-state index contributed by atoms with van der Waals surface area (Å²) >= 11 is 1.16. The summed E-state index contributed by atoms with van der Waals surface area (Å²) in [6.07, 6.45) is 1.82. The second-order valence-electron chi connectivity index (χ2n) is 3.87. The summed E-state index contributed by atoms with van der Waals surface area (Å²) in [5.74, 6) is -1.89. The lowest BCUT2D eigenvalue weighted by atomic mass is 10.2. The third-order valence-corrected chi connectivity index (χ3v) is 3.34. The van der Waals surface area contributed by atoms with Gasteiger partial charge in [-0.05, 0) is 24.3 Å². The fourth-order valence-corrected chi connectivity index (χ4v) is 2.16. The van der Waals surface area contributed by atoms with Crippen molar-refractivity contribution in [2.24, 2.45) is 0 Å². The second kappa shape index (κ2) is 8.80. The first-order valence-corrected chi connectivity index (χ1v) is 7.08. The van der Waals surface area contributed by atoms with Crippen molar-refractivity contribution in [3.8, 4) is 0 Å². The monoisotopic (exact) mass is 314 g/mol. The van der Waals surface area contributed by atoms with E-state index in [1.54, 1.807) is 0 Å². The number of furan rings is 1. The Morgan fingerprint density at radius 1 is 1.43 bits per heavy atom. The minimum atomic E-state index is -1.14. The number of carbonyl (C=O) groups is 4. The zero-order valence-corrected chi connectivity index (χ0v) is 11.7. The Bertz CT molecular complexity index is 502. The van der Waals surface area contributed by atoms with E-state index in [1.807, 2.05) is 0 Å². The number of carboxylic acid groups (broad SMARTS) is 1. The van der Waals surface area contributed by atoms with Gasteiger partial charge in [0.25, 0.3) is 5.91 Å². The topological polar surface area (TPSA) is 126 Å². The molecule has 9 heteroatoms. The van der Waals surface area contributed by atoms with Crippen molar-refractivity contribution in [1.29, 1.82) is 0 Å². The third-order valence-electron chi connectivity index (χ3n) is 2.35. The van der Waals surface area contributed by atoms with Gasteiger partial charge < -0.3 is 14.8 Å². The quantitative estimate of drug-likeness (QED) is 0.428. The van der Waals surface area contributed by atoms with Gasteiger partial charge in [0.15, 0.2) is 5.76 Å². The zero-order valence-electron chi connectivity index (χ0n) is 10.9. The van der Waals surface area contributed by atoms with Gasteiger partial charge in [0.2, 0.25) is 12.3 Å². The molecule has 0 fully saturated rings. The lowest BCUT2D eigenvalue weighted by Gasteiger charge is -2.10. The van der Waals surface area contributed by atoms with E-state index < -0.39 is 23.8 Å². The number of carbonyl (C=O) groups excluding carboxylic acids is 3. The van der Waals surface area contributed by atoms with Crippen molar-refractivity contribution in [3.05, 3.63) is 24.2 Å². The average Bonchev–Trinajstić information content (AvgIpc) is 2.96. The van der Waals surface area contributed by atoms with Gasteiger partial charge in [-0.1, -0.05) is 0 Å². The molecule has 8 nitrogen and oxygen atoms in total.